The largest absolute Gasteiger partial charge is 0.461 e. The van der Waals surface area contributed by atoms with Gasteiger partial charge in [0.1, 0.15) is 13.0 Å². The summed E-state index contributed by atoms with van der Waals surface area (Å²) in [5.41, 5.74) is 0.337. The minimum absolute atomic E-state index is 0.0457. The van der Waals surface area contributed by atoms with Crippen molar-refractivity contribution >= 4 is 29.3 Å². The molecule has 10 nitrogen and oxygen atoms in total. The number of benzene rings is 1. The number of Topliss-reactive ketones (excluding diaryl/α,β-unsaturated/α-hetero) is 1. The van der Waals surface area contributed by atoms with Crippen LogP contribution >= 0.6 is 0 Å². The number of hydrogen-bond acceptors (Lipinski definition) is 10. The Kier molecular flexibility index (Phi) is 6.96. The summed E-state index contributed by atoms with van der Waals surface area (Å²) in [4.78, 5) is 60.8. The Morgan fingerprint density at radius 1 is 1.03 bits per heavy atom. The molecule has 32 heavy (non-hydrogen) atoms. The molecule has 1 aliphatic rings. The number of aliphatic hydroxyl groups excluding tert-OH is 1. The summed E-state index contributed by atoms with van der Waals surface area (Å²) in [6.07, 6.45) is -2.83. The predicted octanol–water partition coefficient (Wildman–Crippen LogP) is 1.46. The van der Waals surface area contributed by atoms with E-state index in [2.05, 4.69) is 0 Å². The first-order chi connectivity index (χ1) is 15.2. The van der Waals surface area contributed by atoms with E-state index in [1.54, 1.807) is 12.1 Å². The second kappa shape index (κ2) is 9.67. The monoisotopic (exact) mass is 444 g/mol. The zero-order valence-corrected chi connectivity index (χ0v) is 17.3. The van der Waals surface area contributed by atoms with Crippen LogP contribution in [0.25, 0.3) is 0 Å². The smallest absolute Gasteiger partial charge is 0.313 e. The fourth-order valence-electron chi connectivity index (χ4n) is 3.06. The summed E-state index contributed by atoms with van der Waals surface area (Å²) < 4.78 is 20.1. The summed E-state index contributed by atoms with van der Waals surface area (Å²) in [6.45, 7) is 1.88. The van der Waals surface area contributed by atoms with E-state index >= 15 is 0 Å². The zero-order chi connectivity index (χ0) is 23.4. The van der Waals surface area contributed by atoms with Gasteiger partial charge in [-0.1, -0.05) is 24.3 Å². The zero-order valence-electron chi connectivity index (χ0n) is 17.3. The Labute approximate surface area is 182 Å². The number of carbonyl (C=O) groups is 5. The van der Waals surface area contributed by atoms with Crippen LogP contribution in [0.3, 0.4) is 0 Å². The molecule has 0 bridgehead atoms. The first-order valence-electron chi connectivity index (χ1n) is 9.65. The molecule has 1 N–H and O–H groups in total. The standard InChI is InChI=1S/C22H20O10/c1-11(23)29-9-13(31-12(2)24)10-30-19(26)8-17(25)18-7-16-20(27)14-5-3-4-6-15(14)21(28)22(16)32-18/h3-7,11,13,23H,8-10H2,1-2H3. The molecule has 1 aliphatic carbocycles. The molecule has 2 atom stereocenters. The Hall–Kier alpha value is -3.63. The normalized spacial score (nSPS) is 14.2. The average molecular weight is 444 g/mol. The van der Waals surface area contributed by atoms with Gasteiger partial charge in [0.05, 0.1) is 12.2 Å². The molecule has 2 unspecified atom stereocenters. The maximum atomic E-state index is 12.6. The van der Waals surface area contributed by atoms with Gasteiger partial charge < -0.3 is 23.7 Å². The molecular formula is C22H20O10. The van der Waals surface area contributed by atoms with E-state index in [-0.39, 0.29) is 34.8 Å². The van der Waals surface area contributed by atoms with Gasteiger partial charge in [0, 0.05) is 18.1 Å². The molecule has 1 aromatic heterocycles. The highest BCUT2D eigenvalue weighted by atomic mass is 16.6. The van der Waals surface area contributed by atoms with Crippen LogP contribution in [0.1, 0.15) is 62.9 Å². The molecule has 0 aliphatic heterocycles. The summed E-state index contributed by atoms with van der Waals surface area (Å²) in [7, 11) is 0. The van der Waals surface area contributed by atoms with Crippen molar-refractivity contribution < 1.29 is 47.7 Å². The fraction of sp³-hybridized carbons (Fsp3) is 0.318. The molecule has 0 fully saturated rings. The highest BCUT2D eigenvalue weighted by molar-refractivity contribution is 6.28. The molecule has 1 aromatic carbocycles. The quantitative estimate of drug-likeness (QED) is 0.223. The molecular weight excluding hydrogens is 424 g/mol. The predicted molar refractivity (Wildman–Crippen MR) is 105 cm³/mol. The van der Waals surface area contributed by atoms with Crippen LogP contribution in [-0.2, 0) is 23.8 Å². The molecule has 3 rings (SSSR count). The van der Waals surface area contributed by atoms with Crippen molar-refractivity contribution in [3.8, 4) is 0 Å². The first kappa shape index (κ1) is 23.0. The van der Waals surface area contributed by atoms with Crippen LogP contribution in [0, 0.1) is 0 Å². The number of carbonyl (C=O) groups excluding carboxylic acids is 5. The van der Waals surface area contributed by atoms with Crippen molar-refractivity contribution in [2.45, 2.75) is 32.7 Å². The first-order valence-corrected chi connectivity index (χ1v) is 9.65. The number of aliphatic hydroxyl groups is 1. The van der Waals surface area contributed by atoms with Crippen LogP contribution < -0.4 is 0 Å². The van der Waals surface area contributed by atoms with Crippen molar-refractivity contribution in [2.75, 3.05) is 13.2 Å². The lowest BCUT2D eigenvalue weighted by atomic mass is 9.88. The van der Waals surface area contributed by atoms with Gasteiger partial charge >= 0.3 is 11.9 Å². The third kappa shape index (κ3) is 5.16. The van der Waals surface area contributed by atoms with Gasteiger partial charge in [-0.3, -0.25) is 24.0 Å². The molecule has 0 amide bonds. The van der Waals surface area contributed by atoms with Crippen molar-refractivity contribution in [1.82, 2.24) is 0 Å². The summed E-state index contributed by atoms with van der Waals surface area (Å²) in [6, 6.07) is 7.35. The topological polar surface area (TPSA) is 146 Å². The average Bonchev–Trinajstić information content (AvgIpc) is 3.20. The SMILES string of the molecule is CC(=O)OC(COC(=O)CC(=O)c1cc2c(o1)C(=O)c1ccccc1C2=O)COC(C)O. The highest BCUT2D eigenvalue weighted by Gasteiger charge is 2.34. The van der Waals surface area contributed by atoms with E-state index in [1.807, 2.05) is 0 Å². The van der Waals surface area contributed by atoms with Gasteiger partial charge in [0.15, 0.2) is 29.7 Å². The van der Waals surface area contributed by atoms with Crippen LogP contribution in [-0.4, -0.2) is 60.0 Å². The number of furan rings is 1. The maximum absolute atomic E-state index is 12.6. The lowest BCUT2D eigenvalue weighted by Gasteiger charge is -2.18. The molecule has 10 heteroatoms. The Morgan fingerprint density at radius 2 is 1.69 bits per heavy atom. The summed E-state index contributed by atoms with van der Waals surface area (Å²) in [5.74, 6) is -3.95. The van der Waals surface area contributed by atoms with Gasteiger partial charge in [0.25, 0.3) is 0 Å². The van der Waals surface area contributed by atoms with Crippen LogP contribution in [0.4, 0.5) is 0 Å². The van der Waals surface area contributed by atoms with Crippen molar-refractivity contribution in [3.05, 3.63) is 58.5 Å². The van der Waals surface area contributed by atoms with E-state index in [0.29, 0.717) is 0 Å². The number of fused-ring (bicyclic) bond motifs is 2. The van der Waals surface area contributed by atoms with Gasteiger partial charge in [-0.2, -0.15) is 0 Å². The number of ether oxygens (including phenoxy) is 3. The van der Waals surface area contributed by atoms with Crippen molar-refractivity contribution in [2.24, 2.45) is 0 Å². The molecule has 2 aromatic rings. The number of hydrogen-bond donors (Lipinski definition) is 1. The van der Waals surface area contributed by atoms with Gasteiger partial charge in [0.2, 0.25) is 11.6 Å². The van der Waals surface area contributed by atoms with E-state index in [4.69, 9.17) is 23.7 Å². The van der Waals surface area contributed by atoms with Gasteiger partial charge in [-0.15, -0.1) is 0 Å². The second-order valence-electron chi connectivity index (χ2n) is 7.00. The third-order valence-corrected chi connectivity index (χ3v) is 4.47. The number of esters is 2. The Morgan fingerprint density at radius 3 is 2.31 bits per heavy atom. The molecule has 0 radical (unpaired) electrons. The van der Waals surface area contributed by atoms with E-state index in [1.165, 1.54) is 19.1 Å². The third-order valence-electron chi connectivity index (χ3n) is 4.47. The molecule has 0 saturated heterocycles. The Balaban J connectivity index is 1.64. The summed E-state index contributed by atoms with van der Waals surface area (Å²) >= 11 is 0. The van der Waals surface area contributed by atoms with Crippen LogP contribution in [0.2, 0.25) is 0 Å². The molecule has 168 valence electrons. The number of ketones is 3. The maximum Gasteiger partial charge on any atom is 0.313 e. The van der Waals surface area contributed by atoms with Crippen molar-refractivity contribution in [1.29, 1.82) is 0 Å². The molecule has 0 spiro atoms. The van der Waals surface area contributed by atoms with E-state index < -0.39 is 54.7 Å². The van der Waals surface area contributed by atoms with Crippen LogP contribution in [0.5, 0.6) is 0 Å². The van der Waals surface area contributed by atoms with Crippen molar-refractivity contribution in [3.63, 3.8) is 0 Å². The lowest BCUT2D eigenvalue weighted by Crippen LogP contribution is -2.30. The fourth-order valence-corrected chi connectivity index (χ4v) is 3.06. The summed E-state index contributed by atoms with van der Waals surface area (Å²) in [5, 5.41) is 9.15. The molecule has 1 heterocycles. The van der Waals surface area contributed by atoms with Gasteiger partial charge in [-0.05, 0) is 13.0 Å². The van der Waals surface area contributed by atoms with Crippen LogP contribution in [0.15, 0.2) is 34.7 Å². The minimum atomic E-state index is -1.12. The van der Waals surface area contributed by atoms with E-state index in [9.17, 15) is 24.0 Å². The van der Waals surface area contributed by atoms with E-state index in [0.717, 1.165) is 13.0 Å². The second-order valence-corrected chi connectivity index (χ2v) is 7.00. The van der Waals surface area contributed by atoms with Gasteiger partial charge in [-0.25, -0.2) is 0 Å². The molecule has 0 saturated carbocycles. The highest BCUT2D eigenvalue weighted by Crippen LogP contribution is 2.30. The lowest BCUT2D eigenvalue weighted by molar-refractivity contribution is -0.168. The Bertz CT molecular complexity index is 1030. The number of rotatable bonds is 9. The minimum Gasteiger partial charge on any atom is -0.461 e.